The highest BCUT2D eigenvalue weighted by molar-refractivity contribution is 5.46. The van der Waals surface area contributed by atoms with Gasteiger partial charge in [0.1, 0.15) is 23.0 Å². The number of rotatable bonds is 8. The van der Waals surface area contributed by atoms with E-state index in [1.165, 1.54) is 0 Å². The lowest BCUT2D eigenvalue weighted by Crippen LogP contribution is -1.99. The van der Waals surface area contributed by atoms with Crippen LogP contribution in [0, 0.1) is 6.92 Å². The lowest BCUT2D eigenvalue weighted by molar-refractivity contribution is 0.394. The maximum absolute atomic E-state index is 5.51. The Labute approximate surface area is 144 Å². The molecule has 0 aliphatic carbocycles. The predicted molar refractivity (Wildman–Crippen MR) is 95.9 cm³/mol. The number of hydrogen-bond donors (Lipinski definition) is 0. The molecule has 0 atom stereocenters. The van der Waals surface area contributed by atoms with Crippen molar-refractivity contribution in [3.8, 4) is 23.0 Å². The zero-order valence-corrected chi connectivity index (χ0v) is 15.1. The fourth-order valence-electron chi connectivity index (χ4n) is 2.86. The van der Waals surface area contributed by atoms with Gasteiger partial charge >= 0.3 is 0 Å². The fraction of sp³-hybridized carbons (Fsp3) is 0.400. The Morgan fingerprint density at radius 2 is 1.29 bits per heavy atom. The van der Waals surface area contributed by atoms with Gasteiger partial charge in [0.05, 0.1) is 28.4 Å². The Kier molecular flexibility index (Phi) is 6.36. The van der Waals surface area contributed by atoms with Crippen molar-refractivity contribution in [2.24, 2.45) is 0 Å². The standard InChI is InChI=1S/C20H26O4/c1-14-11-20(24-5)16(13-19(14)23-4)8-6-7-15-12-17(21-2)9-10-18(15)22-3/h9-13H,6-8H2,1-5H3. The van der Waals surface area contributed by atoms with Crippen LogP contribution >= 0.6 is 0 Å². The molecule has 4 heteroatoms. The molecule has 0 aliphatic heterocycles. The zero-order chi connectivity index (χ0) is 17.5. The molecule has 0 spiro atoms. The number of ether oxygens (including phenoxy) is 4. The second kappa shape index (κ2) is 8.48. The van der Waals surface area contributed by atoms with Crippen LogP contribution in [-0.4, -0.2) is 28.4 Å². The summed E-state index contributed by atoms with van der Waals surface area (Å²) in [7, 11) is 6.77. The molecule has 0 N–H and O–H groups in total. The maximum atomic E-state index is 5.51. The van der Waals surface area contributed by atoms with Crippen molar-refractivity contribution < 1.29 is 18.9 Å². The van der Waals surface area contributed by atoms with Crippen LogP contribution in [0.2, 0.25) is 0 Å². The third-order valence-electron chi connectivity index (χ3n) is 4.18. The molecule has 0 unspecified atom stereocenters. The van der Waals surface area contributed by atoms with Crippen molar-refractivity contribution in [3.05, 3.63) is 47.0 Å². The summed E-state index contributed by atoms with van der Waals surface area (Å²) in [4.78, 5) is 0. The van der Waals surface area contributed by atoms with E-state index in [1.807, 2.05) is 31.2 Å². The molecule has 2 aromatic carbocycles. The van der Waals surface area contributed by atoms with Crippen LogP contribution in [0.3, 0.4) is 0 Å². The van der Waals surface area contributed by atoms with Crippen LogP contribution in [0.15, 0.2) is 30.3 Å². The molecule has 0 aliphatic rings. The molecule has 0 bridgehead atoms. The van der Waals surface area contributed by atoms with Crippen molar-refractivity contribution in [2.75, 3.05) is 28.4 Å². The molecule has 0 aromatic heterocycles. The van der Waals surface area contributed by atoms with E-state index in [1.54, 1.807) is 28.4 Å². The van der Waals surface area contributed by atoms with Gasteiger partial charge in [0.2, 0.25) is 0 Å². The minimum Gasteiger partial charge on any atom is -0.497 e. The molecule has 24 heavy (non-hydrogen) atoms. The Hall–Kier alpha value is -2.36. The van der Waals surface area contributed by atoms with E-state index in [0.717, 1.165) is 59.0 Å². The zero-order valence-electron chi connectivity index (χ0n) is 15.1. The molecule has 2 aromatic rings. The first kappa shape index (κ1) is 18.0. The van der Waals surface area contributed by atoms with Crippen molar-refractivity contribution in [2.45, 2.75) is 26.2 Å². The van der Waals surface area contributed by atoms with Gasteiger partial charge in [-0.05, 0) is 73.2 Å². The lowest BCUT2D eigenvalue weighted by atomic mass is 10.0. The van der Waals surface area contributed by atoms with Gasteiger partial charge in [0.15, 0.2) is 0 Å². The summed E-state index contributed by atoms with van der Waals surface area (Å²) in [6, 6.07) is 9.99. The van der Waals surface area contributed by atoms with Crippen LogP contribution in [0.5, 0.6) is 23.0 Å². The maximum Gasteiger partial charge on any atom is 0.122 e. The number of hydrogen-bond acceptors (Lipinski definition) is 4. The van der Waals surface area contributed by atoms with Crippen molar-refractivity contribution in [1.82, 2.24) is 0 Å². The van der Waals surface area contributed by atoms with E-state index >= 15 is 0 Å². The molecule has 0 amide bonds. The number of benzene rings is 2. The van der Waals surface area contributed by atoms with Gasteiger partial charge in [-0.3, -0.25) is 0 Å². The second-order valence-corrected chi connectivity index (χ2v) is 5.67. The number of methoxy groups -OCH3 is 4. The Morgan fingerprint density at radius 1 is 0.667 bits per heavy atom. The molecule has 0 heterocycles. The average Bonchev–Trinajstić information content (AvgIpc) is 2.62. The molecule has 0 saturated heterocycles. The molecular weight excluding hydrogens is 304 g/mol. The van der Waals surface area contributed by atoms with Crippen molar-refractivity contribution in [1.29, 1.82) is 0 Å². The van der Waals surface area contributed by atoms with Crippen LogP contribution in [0.25, 0.3) is 0 Å². The molecule has 0 radical (unpaired) electrons. The van der Waals surface area contributed by atoms with Gasteiger partial charge < -0.3 is 18.9 Å². The van der Waals surface area contributed by atoms with Gasteiger partial charge in [-0.25, -0.2) is 0 Å². The van der Waals surface area contributed by atoms with Crippen LogP contribution in [0.4, 0.5) is 0 Å². The number of aryl methyl sites for hydroxylation is 3. The smallest absolute Gasteiger partial charge is 0.122 e. The average molecular weight is 330 g/mol. The van der Waals surface area contributed by atoms with Gasteiger partial charge in [-0.2, -0.15) is 0 Å². The van der Waals surface area contributed by atoms with E-state index in [9.17, 15) is 0 Å². The third-order valence-corrected chi connectivity index (χ3v) is 4.18. The van der Waals surface area contributed by atoms with Crippen molar-refractivity contribution >= 4 is 0 Å². The van der Waals surface area contributed by atoms with E-state index in [4.69, 9.17) is 18.9 Å². The summed E-state index contributed by atoms with van der Waals surface area (Å²) in [6.45, 7) is 2.02. The second-order valence-electron chi connectivity index (χ2n) is 5.67. The highest BCUT2D eigenvalue weighted by Crippen LogP contribution is 2.30. The van der Waals surface area contributed by atoms with E-state index in [2.05, 4.69) is 6.07 Å². The molecule has 0 fully saturated rings. The van der Waals surface area contributed by atoms with Gasteiger partial charge in [-0.15, -0.1) is 0 Å². The summed E-state index contributed by atoms with van der Waals surface area (Å²) >= 11 is 0. The summed E-state index contributed by atoms with van der Waals surface area (Å²) in [6.07, 6.45) is 2.78. The highest BCUT2D eigenvalue weighted by Gasteiger charge is 2.10. The first-order valence-electron chi connectivity index (χ1n) is 8.05. The summed E-state index contributed by atoms with van der Waals surface area (Å²) in [5, 5.41) is 0. The van der Waals surface area contributed by atoms with E-state index in [-0.39, 0.29) is 0 Å². The normalized spacial score (nSPS) is 10.4. The summed E-state index contributed by atoms with van der Waals surface area (Å²) < 4.78 is 21.7. The Balaban J connectivity index is 2.12. The van der Waals surface area contributed by atoms with E-state index in [0.29, 0.717) is 0 Å². The predicted octanol–water partition coefficient (Wildman–Crippen LogP) is 4.20. The molecule has 130 valence electrons. The van der Waals surface area contributed by atoms with Crippen LogP contribution < -0.4 is 18.9 Å². The quantitative estimate of drug-likeness (QED) is 0.727. The Morgan fingerprint density at radius 3 is 1.88 bits per heavy atom. The molecular formula is C20H26O4. The topological polar surface area (TPSA) is 36.9 Å². The largest absolute Gasteiger partial charge is 0.497 e. The van der Waals surface area contributed by atoms with Crippen molar-refractivity contribution in [3.63, 3.8) is 0 Å². The first-order valence-corrected chi connectivity index (χ1v) is 8.05. The Bertz CT molecular complexity index is 680. The van der Waals surface area contributed by atoms with Gasteiger partial charge in [-0.1, -0.05) is 0 Å². The van der Waals surface area contributed by atoms with Gasteiger partial charge in [0, 0.05) is 0 Å². The third kappa shape index (κ3) is 4.13. The highest BCUT2D eigenvalue weighted by atomic mass is 16.5. The molecule has 4 nitrogen and oxygen atoms in total. The van der Waals surface area contributed by atoms with E-state index < -0.39 is 0 Å². The minimum absolute atomic E-state index is 0.848. The summed E-state index contributed by atoms with van der Waals surface area (Å²) in [5.74, 6) is 3.54. The lowest BCUT2D eigenvalue weighted by Gasteiger charge is -2.14. The first-order chi connectivity index (χ1) is 11.6. The minimum atomic E-state index is 0.848. The van der Waals surface area contributed by atoms with Gasteiger partial charge in [0.25, 0.3) is 0 Å². The molecule has 0 saturated carbocycles. The SMILES string of the molecule is COc1ccc(OC)c(CCCc2cc(OC)c(C)cc2OC)c1. The fourth-order valence-corrected chi connectivity index (χ4v) is 2.86. The monoisotopic (exact) mass is 330 g/mol. The van der Waals surface area contributed by atoms with Crippen LogP contribution in [-0.2, 0) is 12.8 Å². The van der Waals surface area contributed by atoms with Crippen LogP contribution in [0.1, 0.15) is 23.1 Å². The summed E-state index contributed by atoms with van der Waals surface area (Å²) in [5.41, 5.74) is 3.38. The molecule has 2 rings (SSSR count).